The number of benzene rings is 2. The Bertz CT molecular complexity index is 956. The van der Waals surface area contributed by atoms with Crippen LogP contribution < -0.4 is 19.1 Å². The van der Waals surface area contributed by atoms with Crippen LogP contribution in [0.5, 0.6) is 11.5 Å². The molecule has 0 fully saturated rings. The molecule has 2 aromatic rings. The number of halogens is 1. The van der Waals surface area contributed by atoms with Crippen LogP contribution in [0.1, 0.15) is 5.56 Å². The second-order valence-corrected chi connectivity index (χ2v) is 9.94. The third-order valence-corrected chi connectivity index (χ3v) is 6.20. The van der Waals surface area contributed by atoms with Gasteiger partial charge in [-0.2, -0.15) is 4.72 Å². The smallest absolute Gasteiger partial charge is 0.209 e. The number of rotatable bonds is 7. The first-order valence-electron chi connectivity index (χ1n) is 8.37. The van der Waals surface area contributed by atoms with Crippen molar-refractivity contribution in [2.24, 2.45) is 0 Å². The molecule has 28 heavy (non-hydrogen) atoms. The zero-order valence-electron chi connectivity index (χ0n) is 15.1. The van der Waals surface area contributed by atoms with Gasteiger partial charge in [0.05, 0.1) is 18.6 Å². The average Bonchev–Trinajstić information content (AvgIpc) is 2.63. The molecule has 2 aromatic carbocycles. The SMILES string of the molecule is CS(=O)(=O)NCc1cccc(Oc2ccc3c(c2)S(O)(O)NCN3CCF)c1. The molecule has 1 aliphatic heterocycles. The summed E-state index contributed by atoms with van der Waals surface area (Å²) < 4.78 is 66.6. The maximum absolute atomic E-state index is 12.8. The maximum Gasteiger partial charge on any atom is 0.209 e. The number of hydrogen-bond acceptors (Lipinski definition) is 7. The molecule has 154 valence electrons. The van der Waals surface area contributed by atoms with E-state index in [0.29, 0.717) is 22.7 Å². The summed E-state index contributed by atoms with van der Waals surface area (Å²) in [6.45, 7) is -0.171. The molecule has 4 N–H and O–H groups in total. The Morgan fingerprint density at radius 2 is 2.00 bits per heavy atom. The van der Waals surface area contributed by atoms with Crippen LogP contribution in [-0.2, 0) is 16.6 Å². The van der Waals surface area contributed by atoms with E-state index in [1.54, 1.807) is 41.3 Å². The quantitative estimate of drug-likeness (QED) is 0.533. The van der Waals surface area contributed by atoms with Crippen LogP contribution in [0.15, 0.2) is 47.4 Å². The number of ether oxygens (including phenoxy) is 1. The first-order chi connectivity index (χ1) is 13.2. The van der Waals surface area contributed by atoms with E-state index in [1.165, 1.54) is 6.07 Å². The molecule has 0 atom stereocenters. The second-order valence-electron chi connectivity index (χ2n) is 6.28. The third-order valence-electron chi connectivity index (χ3n) is 4.06. The van der Waals surface area contributed by atoms with Crippen LogP contribution in [0, 0.1) is 0 Å². The van der Waals surface area contributed by atoms with Crippen molar-refractivity contribution in [3.8, 4) is 11.5 Å². The lowest BCUT2D eigenvalue weighted by molar-refractivity contribution is 0.446. The van der Waals surface area contributed by atoms with Crippen molar-refractivity contribution in [2.45, 2.75) is 11.4 Å². The van der Waals surface area contributed by atoms with Gasteiger partial charge in [-0.1, -0.05) is 12.1 Å². The van der Waals surface area contributed by atoms with Crippen molar-refractivity contribution in [3.63, 3.8) is 0 Å². The highest BCUT2D eigenvalue weighted by Gasteiger charge is 2.28. The topological polar surface area (TPSA) is 111 Å². The number of anilines is 1. The minimum Gasteiger partial charge on any atom is -0.457 e. The fourth-order valence-electron chi connectivity index (χ4n) is 2.75. The Labute approximate surface area is 164 Å². The van der Waals surface area contributed by atoms with Crippen molar-refractivity contribution < 1.29 is 26.7 Å². The molecule has 0 amide bonds. The summed E-state index contributed by atoms with van der Waals surface area (Å²) in [4.78, 5) is 1.91. The average molecular weight is 432 g/mol. The van der Waals surface area contributed by atoms with Crippen LogP contribution >= 0.6 is 10.8 Å². The Hall–Kier alpha value is -1.89. The lowest BCUT2D eigenvalue weighted by Gasteiger charge is -2.43. The van der Waals surface area contributed by atoms with E-state index in [1.807, 2.05) is 0 Å². The Morgan fingerprint density at radius 1 is 1.25 bits per heavy atom. The maximum atomic E-state index is 12.8. The molecule has 0 unspecified atom stereocenters. The normalized spacial score (nSPS) is 17.1. The summed E-state index contributed by atoms with van der Waals surface area (Å²) >= 11 is 0. The van der Waals surface area contributed by atoms with E-state index in [0.717, 1.165) is 6.26 Å². The molecule has 0 spiro atoms. The van der Waals surface area contributed by atoms with Gasteiger partial charge in [-0.3, -0.25) is 9.11 Å². The summed E-state index contributed by atoms with van der Waals surface area (Å²) in [6, 6.07) is 11.7. The van der Waals surface area contributed by atoms with Gasteiger partial charge in [0.25, 0.3) is 0 Å². The van der Waals surface area contributed by atoms with E-state index in [4.69, 9.17) is 4.74 Å². The van der Waals surface area contributed by atoms with Crippen molar-refractivity contribution in [3.05, 3.63) is 48.0 Å². The highest BCUT2D eigenvalue weighted by atomic mass is 32.3. The molecule has 0 aliphatic carbocycles. The number of alkyl halides is 1. The van der Waals surface area contributed by atoms with Crippen LogP contribution in [-0.4, -0.2) is 43.7 Å². The number of nitrogens with one attached hydrogen (secondary N) is 2. The third kappa shape index (κ3) is 5.13. The van der Waals surface area contributed by atoms with Gasteiger partial charge in [-0.25, -0.2) is 17.5 Å². The minimum absolute atomic E-state index is 0.128. The van der Waals surface area contributed by atoms with Crippen LogP contribution in [0.3, 0.4) is 0 Å². The molecule has 0 saturated heterocycles. The summed E-state index contributed by atoms with van der Waals surface area (Å²) in [6.07, 6.45) is 1.08. The number of sulfonamides is 1. The highest BCUT2D eigenvalue weighted by molar-refractivity contribution is 8.22. The Morgan fingerprint density at radius 3 is 2.71 bits per heavy atom. The van der Waals surface area contributed by atoms with Gasteiger partial charge in [0.2, 0.25) is 10.0 Å². The van der Waals surface area contributed by atoms with Crippen molar-refractivity contribution >= 4 is 26.5 Å². The molecule has 0 saturated carbocycles. The molecule has 1 aliphatic rings. The molecule has 0 radical (unpaired) electrons. The lowest BCUT2D eigenvalue weighted by atomic mass is 10.2. The van der Waals surface area contributed by atoms with Gasteiger partial charge in [0, 0.05) is 19.2 Å². The van der Waals surface area contributed by atoms with Crippen LogP contribution in [0.25, 0.3) is 0 Å². The fourth-order valence-corrected chi connectivity index (χ4v) is 4.44. The van der Waals surface area contributed by atoms with Gasteiger partial charge in [-0.05, 0) is 29.8 Å². The molecule has 11 heteroatoms. The van der Waals surface area contributed by atoms with Crippen molar-refractivity contribution in [2.75, 3.05) is 31.0 Å². The standard InChI is InChI=1S/C17H22FN3O5S2/c1-27(22,23)19-11-13-3-2-4-14(9-13)26-15-5-6-16-17(10-15)28(24,25)20-12-21(16)8-7-18/h2-6,9-10,19-20,24-25H,7-8,11-12H2,1H3. The first-order valence-corrected chi connectivity index (χ1v) is 11.8. The summed E-state index contributed by atoms with van der Waals surface area (Å²) in [5.41, 5.74) is 1.25. The molecular formula is C17H22FN3O5S2. The second kappa shape index (κ2) is 8.23. The molecule has 0 aromatic heterocycles. The Balaban J connectivity index is 1.82. The largest absolute Gasteiger partial charge is 0.457 e. The molecule has 3 rings (SSSR count). The van der Waals surface area contributed by atoms with E-state index >= 15 is 0 Å². The van der Waals surface area contributed by atoms with E-state index < -0.39 is 27.5 Å². The zero-order chi connectivity index (χ0) is 20.4. The van der Waals surface area contributed by atoms with Crippen molar-refractivity contribution in [1.29, 1.82) is 0 Å². The highest BCUT2D eigenvalue weighted by Crippen LogP contribution is 2.52. The molecular weight excluding hydrogens is 409 g/mol. The van der Waals surface area contributed by atoms with E-state index in [-0.39, 0.29) is 24.7 Å². The van der Waals surface area contributed by atoms with Crippen LogP contribution in [0.2, 0.25) is 0 Å². The predicted octanol–water partition coefficient (Wildman–Crippen LogP) is 2.89. The minimum atomic E-state index is -3.31. The summed E-state index contributed by atoms with van der Waals surface area (Å²) in [7, 11) is -6.52. The predicted molar refractivity (Wildman–Crippen MR) is 107 cm³/mol. The number of fused-ring (bicyclic) bond motifs is 1. The van der Waals surface area contributed by atoms with E-state index in [2.05, 4.69) is 9.44 Å². The van der Waals surface area contributed by atoms with Crippen LogP contribution in [0.4, 0.5) is 10.1 Å². The van der Waals surface area contributed by atoms with Gasteiger partial charge in [0.1, 0.15) is 23.1 Å². The molecule has 0 bridgehead atoms. The number of hydrogen-bond donors (Lipinski definition) is 4. The van der Waals surface area contributed by atoms with Gasteiger partial charge < -0.3 is 9.64 Å². The lowest BCUT2D eigenvalue weighted by Crippen LogP contribution is -2.41. The van der Waals surface area contributed by atoms with Gasteiger partial charge in [-0.15, -0.1) is 10.8 Å². The van der Waals surface area contributed by atoms with Gasteiger partial charge in [0.15, 0.2) is 0 Å². The summed E-state index contributed by atoms with van der Waals surface area (Å²) in [5.74, 6) is 0.837. The summed E-state index contributed by atoms with van der Waals surface area (Å²) in [5, 5.41) is 0. The van der Waals surface area contributed by atoms with Gasteiger partial charge >= 0.3 is 0 Å². The van der Waals surface area contributed by atoms with E-state index in [9.17, 15) is 21.9 Å². The molecule has 8 nitrogen and oxygen atoms in total. The van der Waals surface area contributed by atoms with Crippen molar-refractivity contribution in [1.82, 2.24) is 9.44 Å². The first kappa shape index (κ1) is 20.8. The number of nitrogens with zero attached hydrogens (tertiary/aromatic N) is 1. The molecule has 1 heterocycles. The zero-order valence-corrected chi connectivity index (χ0v) is 16.8. The monoisotopic (exact) mass is 431 g/mol. The fraction of sp³-hybridized carbons (Fsp3) is 0.294. The Kier molecular flexibility index (Phi) is 6.12.